The van der Waals surface area contributed by atoms with E-state index < -0.39 is 0 Å². The van der Waals surface area contributed by atoms with Gasteiger partial charge in [-0.15, -0.1) is 0 Å². The molecular formula is C23H13NO2. The van der Waals surface area contributed by atoms with Gasteiger partial charge in [-0.25, -0.2) is 4.98 Å². The largest absolute Gasteiger partial charge is 0.456 e. The Morgan fingerprint density at radius 3 is 2.23 bits per heavy atom. The normalized spacial score (nSPS) is 11.8. The molecule has 0 aliphatic rings. The maximum absolute atomic E-state index is 6.13. The van der Waals surface area contributed by atoms with Crippen LogP contribution in [0.4, 0.5) is 0 Å². The van der Waals surface area contributed by atoms with Crippen molar-refractivity contribution in [2.45, 2.75) is 0 Å². The van der Waals surface area contributed by atoms with Gasteiger partial charge in [0.2, 0.25) is 5.89 Å². The second kappa shape index (κ2) is 4.96. The van der Waals surface area contributed by atoms with Crippen molar-refractivity contribution < 1.29 is 8.83 Å². The summed E-state index contributed by atoms with van der Waals surface area (Å²) in [6.45, 7) is 0. The number of hydrogen-bond donors (Lipinski definition) is 0. The van der Waals surface area contributed by atoms with Crippen LogP contribution in [0, 0.1) is 0 Å². The molecule has 0 aliphatic carbocycles. The second-order valence-corrected chi connectivity index (χ2v) is 6.50. The number of fused-ring (bicyclic) bond motifs is 5. The highest BCUT2D eigenvalue weighted by Crippen LogP contribution is 2.35. The van der Waals surface area contributed by atoms with E-state index in [0.717, 1.165) is 38.6 Å². The highest BCUT2D eigenvalue weighted by Gasteiger charge is 2.12. The van der Waals surface area contributed by atoms with Crippen molar-refractivity contribution in [3.8, 4) is 11.5 Å². The van der Waals surface area contributed by atoms with Crippen molar-refractivity contribution in [3.63, 3.8) is 0 Å². The molecule has 122 valence electrons. The van der Waals surface area contributed by atoms with Crippen LogP contribution in [0.15, 0.2) is 87.7 Å². The number of rotatable bonds is 1. The predicted octanol–water partition coefficient (Wildman–Crippen LogP) is 6.55. The molecule has 26 heavy (non-hydrogen) atoms. The maximum atomic E-state index is 6.13. The zero-order valence-electron chi connectivity index (χ0n) is 13.8. The number of hydrogen-bond acceptors (Lipinski definition) is 3. The molecule has 0 radical (unpaired) electrons. The smallest absolute Gasteiger partial charge is 0.227 e. The Hall–Kier alpha value is -3.59. The van der Waals surface area contributed by atoms with E-state index in [1.165, 1.54) is 10.8 Å². The van der Waals surface area contributed by atoms with Crippen molar-refractivity contribution in [3.05, 3.63) is 78.9 Å². The molecule has 0 saturated heterocycles. The first-order valence-corrected chi connectivity index (χ1v) is 8.56. The number of aromatic nitrogens is 1. The summed E-state index contributed by atoms with van der Waals surface area (Å²) < 4.78 is 12.0. The molecule has 0 amide bonds. The number of nitrogens with zero attached hydrogens (tertiary/aromatic N) is 1. The number of para-hydroxylation sites is 2. The van der Waals surface area contributed by atoms with Gasteiger partial charge >= 0.3 is 0 Å². The molecule has 3 nitrogen and oxygen atoms in total. The average molecular weight is 335 g/mol. The zero-order chi connectivity index (χ0) is 17.1. The van der Waals surface area contributed by atoms with Crippen molar-refractivity contribution in [1.29, 1.82) is 0 Å². The molecule has 6 rings (SSSR count). The Morgan fingerprint density at radius 2 is 1.35 bits per heavy atom. The van der Waals surface area contributed by atoms with Gasteiger partial charge in [-0.3, -0.25) is 0 Å². The lowest BCUT2D eigenvalue weighted by Gasteiger charge is -1.97. The Balaban J connectivity index is 1.59. The summed E-state index contributed by atoms with van der Waals surface area (Å²) in [5.41, 5.74) is 4.30. The van der Waals surface area contributed by atoms with Gasteiger partial charge in [0.1, 0.15) is 16.7 Å². The topological polar surface area (TPSA) is 39.2 Å². The van der Waals surface area contributed by atoms with Gasteiger partial charge in [-0.2, -0.15) is 0 Å². The van der Waals surface area contributed by atoms with E-state index in [0.29, 0.717) is 5.89 Å². The molecule has 0 N–H and O–H groups in total. The van der Waals surface area contributed by atoms with Crippen molar-refractivity contribution in [2.75, 3.05) is 0 Å². The van der Waals surface area contributed by atoms with Crippen molar-refractivity contribution in [1.82, 2.24) is 4.98 Å². The molecule has 4 aromatic carbocycles. The third-order valence-electron chi connectivity index (χ3n) is 4.88. The first-order chi connectivity index (χ1) is 12.8. The van der Waals surface area contributed by atoms with Gasteiger partial charge in [0.05, 0.1) is 0 Å². The third-order valence-corrected chi connectivity index (χ3v) is 4.88. The summed E-state index contributed by atoms with van der Waals surface area (Å²) in [6.07, 6.45) is 0. The average Bonchev–Trinajstić information content (AvgIpc) is 3.26. The second-order valence-electron chi connectivity index (χ2n) is 6.50. The Labute approximate surface area is 148 Å². The fraction of sp³-hybridized carbons (Fsp3) is 0. The molecule has 2 aromatic heterocycles. The van der Waals surface area contributed by atoms with Crippen LogP contribution in [0.5, 0.6) is 0 Å². The van der Waals surface area contributed by atoms with Crippen LogP contribution >= 0.6 is 0 Å². The molecule has 0 bridgehead atoms. The zero-order valence-corrected chi connectivity index (χ0v) is 13.8. The Kier molecular flexibility index (Phi) is 2.61. The lowest BCUT2D eigenvalue weighted by Crippen LogP contribution is -1.76. The molecule has 0 spiro atoms. The van der Waals surface area contributed by atoms with Crippen LogP contribution in [-0.4, -0.2) is 4.98 Å². The lowest BCUT2D eigenvalue weighted by atomic mass is 10.1. The van der Waals surface area contributed by atoms with E-state index in [4.69, 9.17) is 8.83 Å². The van der Waals surface area contributed by atoms with E-state index in [2.05, 4.69) is 41.4 Å². The quantitative estimate of drug-likeness (QED) is 0.342. The Bertz CT molecular complexity index is 1410. The summed E-state index contributed by atoms with van der Waals surface area (Å²) in [6, 6.07) is 26.5. The minimum atomic E-state index is 0.610. The van der Waals surface area contributed by atoms with Gasteiger partial charge in [0.15, 0.2) is 5.58 Å². The summed E-state index contributed by atoms with van der Waals surface area (Å²) in [5.74, 6) is 0.610. The minimum Gasteiger partial charge on any atom is -0.456 e. The van der Waals surface area contributed by atoms with E-state index >= 15 is 0 Å². The predicted molar refractivity (Wildman–Crippen MR) is 104 cm³/mol. The van der Waals surface area contributed by atoms with E-state index in [9.17, 15) is 0 Å². The van der Waals surface area contributed by atoms with Crippen LogP contribution in [-0.2, 0) is 0 Å². The molecule has 0 atom stereocenters. The van der Waals surface area contributed by atoms with Crippen LogP contribution in [0.3, 0.4) is 0 Å². The van der Waals surface area contributed by atoms with Crippen LogP contribution in [0.1, 0.15) is 0 Å². The molecule has 0 unspecified atom stereocenters. The van der Waals surface area contributed by atoms with E-state index in [-0.39, 0.29) is 0 Å². The Morgan fingerprint density at radius 1 is 0.577 bits per heavy atom. The first-order valence-electron chi connectivity index (χ1n) is 8.56. The standard InChI is InChI=1S/C23H13NO2/c1-2-6-15-12-22-18(11-14(15)5-1)17-10-9-16(13-21(17)25-22)23-24-19-7-3-4-8-20(19)26-23/h1-13H. The molecule has 6 aromatic rings. The molecule has 3 heteroatoms. The SMILES string of the molecule is c1ccc2cc3c(cc2c1)oc1cc(-c2nc4ccccc4o2)ccc13. The van der Waals surface area contributed by atoms with Gasteiger partial charge in [0, 0.05) is 16.3 Å². The van der Waals surface area contributed by atoms with Crippen molar-refractivity contribution >= 4 is 43.8 Å². The van der Waals surface area contributed by atoms with E-state index in [1.807, 2.05) is 42.5 Å². The number of oxazole rings is 1. The highest BCUT2D eigenvalue weighted by molar-refractivity contribution is 6.10. The van der Waals surface area contributed by atoms with E-state index in [1.54, 1.807) is 0 Å². The molecule has 0 saturated carbocycles. The lowest BCUT2D eigenvalue weighted by molar-refractivity contribution is 0.619. The molecule has 2 heterocycles. The number of benzene rings is 4. The highest BCUT2D eigenvalue weighted by atomic mass is 16.3. The number of furan rings is 1. The monoisotopic (exact) mass is 335 g/mol. The van der Waals surface area contributed by atoms with Crippen LogP contribution in [0.2, 0.25) is 0 Å². The summed E-state index contributed by atoms with van der Waals surface area (Å²) in [7, 11) is 0. The maximum Gasteiger partial charge on any atom is 0.227 e. The summed E-state index contributed by atoms with van der Waals surface area (Å²) >= 11 is 0. The molecule has 0 fully saturated rings. The molecular weight excluding hydrogens is 322 g/mol. The fourth-order valence-electron chi connectivity index (χ4n) is 3.59. The summed E-state index contributed by atoms with van der Waals surface area (Å²) in [4.78, 5) is 4.58. The summed E-state index contributed by atoms with van der Waals surface area (Å²) in [5, 5.41) is 4.62. The van der Waals surface area contributed by atoms with Crippen LogP contribution < -0.4 is 0 Å². The fourth-order valence-corrected chi connectivity index (χ4v) is 3.59. The van der Waals surface area contributed by atoms with Gasteiger partial charge in [-0.05, 0) is 53.2 Å². The van der Waals surface area contributed by atoms with Crippen LogP contribution in [0.25, 0.3) is 55.3 Å². The minimum absolute atomic E-state index is 0.610. The van der Waals surface area contributed by atoms with Crippen molar-refractivity contribution in [2.24, 2.45) is 0 Å². The van der Waals surface area contributed by atoms with Gasteiger partial charge in [0.25, 0.3) is 0 Å². The molecule has 0 aliphatic heterocycles. The third kappa shape index (κ3) is 1.91. The van der Waals surface area contributed by atoms with Gasteiger partial charge < -0.3 is 8.83 Å². The van der Waals surface area contributed by atoms with Gasteiger partial charge in [-0.1, -0.05) is 36.4 Å². The first kappa shape index (κ1) is 13.7.